The molecule has 1 aliphatic heterocycles. The highest BCUT2D eigenvalue weighted by Crippen LogP contribution is 2.24. The molecule has 1 aliphatic rings. The van der Waals surface area contributed by atoms with Crippen LogP contribution in [0.1, 0.15) is 24.2 Å². The lowest BCUT2D eigenvalue weighted by Crippen LogP contribution is -2.52. The van der Waals surface area contributed by atoms with Crippen LogP contribution < -0.4 is 5.73 Å². The van der Waals surface area contributed by atoms with E-state index in [0.717, 1.165) is 13.1 Å². The van der Waals surface area contributed by atoms with Crippen molar-refractivity contribution >= 4 is 23.2 Å². The number of rotatable bonds is 3. The van der Waals surface area contributed by atoms with Gasteiger partial charge in [0.05, 0.1) is 21.9 Å². The zero-order valence-corrected chi connectivity index (χ0v) is 13.2. The van der Waals surface area contributed by atoms with Gasteiger partial charge in [-0.25, -0.2) is 0 Å². The second kappa shape index (κ2) is 6.22. The number of nitrogen functional groups attached to an aromatic ring is 1. The molecule has 0 unspecified atom stereocenters. The molecule has 116 valence electrons. The smallest absolute Gasteiger partial charge is 0.256 e. The number of hydrogen-bond donors (Lipinski definition) is 2. The van der Waals surface area contributed by atoms with Crippen LogP contribution >= 0.6 is 11.6 Å². The van der Waals surface area contributed by atoms with Crippen molar-refractivity contribution in [1.82, 2.24) is 9.80 Å². The number of hydrogen-bond acceptors (Lipinski definition) is 4. The Balaban J connectivity index is 1.99. The lowest BCUT2D eigenvalue weighted by molar-refractivity contribution is 0.0179. The fourth-order valence-corrected chi connectivity index (χ4v) is 2.72. The number of anilines is 1. The van der Waals surface area contributed by atoms with Gasteiger partial charge in [-0.15, -0.1) is 0 Å². The molecule has 2 rings (SSSR count). The first kappa shape index (κ1) is 16.1. The van der Waals surface area contributed by atoms with Gasteiger partial charge in [-0.05, 0) is 26.0 Å². The van der Waals surface area contributed by atoms with Crippen LogP contribution in [0.3, 0.4) is 0 Å². The van der Waals surface area contributed by atoms with Crippen LogP contribution in [0, 0.1) is 0 Å². The minimum atomic E-state index is -0.719. The molecule has 0 aliphatic carbocycles. The molecule has 0 saturated carbocycles. The van der Waals surface area contributed by atoms with Crippen LogP contribution in [0.25, 0.3) is 0 Å². The molecule has 1 heterocycles. The van der Waals surface area contributed by atoms with Crippen molar-refractivity contribution < 1.29 is 9.90 Å². The molecule has 0 atom stereocenters. The van der Waals surface area contributed by atoms with Crippen molar-refractivity contribution in [3.63, 3.8) is 0 Å². The van der Waals surface area contributed by atoms with Gasteiger partial charge in [0.2, 0.25) is 0 Å². The van der Waals surface area contributed by atoms with E-state index in [1.54, 1.807) is 36.9 Å². The molecule has 1 aromatic carbocycles. The van der Waals surface area contributed by atoms with Crippen molar-refractivity contribution in [1.29, 1.82) is 0 Å². The number of benzene rings is 1. The van der Waals surface area contributed by atoms with Crippen LogP contribution in [0.15, 0.2) is 18.2 Å². The summed E-state index contributed by atoms with van der Waals surface area (Å²) in [6.07, 6.45) is 0. The lowest BCUT2D eigenvalue weighted by Gasteiger charge is -2.37. The minimum Gasteiger partial charge on any atom is -0.397 e. The second-order valence-corrected chi connectivity index (χ2v) is 6.49. The van der Waals surface area contributed by atoms with E-state index < -0.39 is 5.60 Å². The fraction of sp³-hybridized carbons (Fsp3) is 0.533. The summed E-state index contributed by atoms with van der Waals surface area (Å²) in [6, 6.07) is 5.11. The van der Waals surface area contributed by atoms with Crippen molar-refractivity contribution in [3.8, 4) is 0 Å². The summed E-state index contributed by atoms with van der Waals surface area (Å²) in [5, 5.41) is 10.2. The van der Waals surface area contributed by atoms with Gasteiger partial charge >= 0.3 is 0 Å². The van der Waals surface area contributed by atoms with Crippen LogP contribution in [-0.4, -0.2) is 59.1 Å². The number of piperazine rings is 1. The van der Waals surface area contributed by atoms with Gasteiger partial charge < -0.3 is 15.7 Å². The average molecular weight is 312 g/mol. The minimum absolute atomic E-state index is 0.0853. The molecule has 1 fully saturated rings. The van der Waals surface area contributed by atoms with Crippen molar-refractivity contribution in [3.05, 3.63) is 28.8 Å². The predicted octanol–water partition coefficient (Wildman–Crippen LogP) is 1.45. The van der Waals surface area contributed by atoms with E-state index in [-0.39, 0.29) is 5.91 Å². The Bertz CT molecular complexity index is 520. The van der Waals surface area contributed by atoms with Gasteiger partial charge in [0.1, 0.15) is 0 Å². The lowest BCUT2D eigenvalue weighted by atomic mass is 10.1. The zero-order chi connectivity index (χ0) is 15.6. The molecule has 3 N–H and O–H groups in total. The quantitative estimate of drug-likeness (QED) is 0.829. The van der Waals surface area contributed by atoms with Crippen molar-refractivity contribution in [2.75, 3.05) is 38.5 Å². The molecule has 0 bridgehead atoms. The van der Waals surface area contributed by atoms with Crippen LogP contribution in [0.5, 0.6) is 0 Å². The average Bonchev–Trinajstić information content (AvgIpc) is 2.40. The van der Waals surface area contributed by atoms with Crippen molar-refractivity contribution in [2.45, 2.75) is 19.4 Å². The third-order valence-electron chi connectivity index (χ3n) is 3.55. The normalized spacial score (nSPS) is 17.0. The highest BCUT2D eigenvalue weighted by molar-refractivity contribution is 6.33. The molecular formula is C15H22ClN3O2. The van der Waals surface area contributed by atoms with Crippen LogP contribution in [0.2, 0.25) is 5.02 Å². The first-order chi connectivity index (χ1) is 9.78. The molecule has 1 saturated heterocycles. The number of para-hydroxylation sites is 1. The third-order valence-corrected chi connectivity index (χ3v) is 3.88. The summed E-state index contributed by atoms with van der Waals surface area (Å²) in [4.78, 5) is 16.4. The molecule has 21 heavy (non-hydrogen) atoms. The number of nitrogens with two attached hydrogens (primary N) is 1. The molecule has 1 aromatic rings. The van der Waals surface area contributed by atoms with E-state index in [2.05, 4.69) is 4.90 Å². The standard InChI is InChI=1S/C15H22ClN3O2/c1-15(2,21)10-18-6-8-19(9-7-18)14(20)11-4-3-5-12(16)13(11)17/h3-5,21H,6-10,17H2,1-2H3. The van der Waals surface area contributed by atoms with E-state index in [9.17, 15) is 9.90 Å². The Morgan fingerprint density at radius 3 is 2.52 bits per heavy atom. The van der Waals surface area contributed by atoms with E-state index in [1.165, 1.54) is 0 Å². The highest BCUT2D eigenvalue weighted by atomic mass is 35.5. The second-order valence-electron chi connectivity index (χ2n) is 6.08. The van der Waals surface area contributed by atoms with Gasteiger partial charge in [-0.1, -0.05) is 17.7 Å². The largest absolute Gasteiger partial charge is 0.397 e. The highest BCUT2D eigenvalue weighted by Gasteiger charge is 2.26. The van der Waals surface area contributed by atoms with E-state index in [0.29, 0.717) is 35.9 Å². The Morgan fingerprint density at radius 2 is 1.95 bits per heavy atom. The van der Waals surface area contributed by atoms with Gasteiger partial charge in [0.25, 0.3) is 5.91 Å². The number of carbonyl (C=O) groups is 1. The zero-order valence-electron chi connectivity index (χ0n) is 12.5. The maximum atomic E-state index is 12.5. The molecular weight excluding hydrogens is 290 g/mol. The Kier molecular flexibility index (Phi) is 4.76. The molecule has 5 nitrogen and oxygen atoms in total. The van der Waals surface area contributed by atoms with Gasteiger partial charge in [0.15, 0.2) is 0 Å². The monoisotopic (exact) mass is 311 g/mol. The SMILES string of the molecule is CC(C)(O)CN1CCN(C(=O)c2cccc(Cl)c2N)CC1. The van der Waals surface area contributed by atoms with E-state index in [1.807, 2.05) is 0 Å². The summed E-state index contributed by atoms with van der Waals surface area (Å²) in [5.74, 6) is -0.0853. The summed E-state index contributed by atoms with van der Waals surface area (Å²) in [6.45, 7) is 6.93. The number of halogens is 1. The Morgan fingerprint density at radius 1 is 1.33 bits per heavy atom. The maximum absolute atomic E-state index is 12.5. The number of aliphatic hydroxyl groups is 1. The van der Waals surface area contributed by atoms with Crippen LogP contribution in [-0.2, 0) is 0 Å². The number of amides is 1. The van der Waals surface area contributed by atoms with Gasteiger partial charge in [-0.3, -0.25) is 9.69 Å². The predicted molar refractivity (Wildman–Crippen MR) is 84.5 cm³/mol. The Hall–Kier alpha value is -1.30. The topological polar surface area (TPSA) is 69.8 Å². The van der Waals surface area contributed by atoms with E-state index in [4.69, 9.17) is 17.3 Å². The molecule has 6 heteroatoms. The van der Waals surface area contributed by atoms with Gasteiger partial charge in [0, 0.05) is 32.7 Å². The molecule has 0 radical (unpaired) electrons. The molecule has 1 amide bonds. The maximum Gasteiger partial charge on any atom is 0.256 e. The number of carbonyl (C=O) groups excluding carboxylic acids is 1. The number of nitrogens with zero attached hydrogens (tertiary/aromatic N) is 2. The fourth-order valence-electron chi connectivity index (χ4n) is 2.55. The van der Waals surface area contributed by atoms with Crippen molar-refractivity contribution in [2.24, 2.45) is 0 Å². The molecule has 0 aromatic heterocycles. The Labute approximate surface area is 130 Å². The third kappa shape index (κ3) is 4.09. The summed E-state index contributed by atoms with van der Waals surface area (Å²) in [5.41, 5.74) is 5.95. The summed E-state index contributed by atoms with van der Waals surface area (Å²) < 4.78 is 0. The van der Waals surface area contributed by atoms with Gasteiger partial charge in [-0.2, -0.15) is 0 Å². The van der Waals surface area contributed by atoms with E-state index >= 15 is 0 Å². The molecule has 0 spiro atoms. The number of β-amino-alcohol motifs (C(OH)–C–C–N with tert-alkyl or cyclic N) is 1. The van der Waals surface area contributed by atoms with Crippen LogP contribution in [0.4, 0.5) is 5.69 Å². The summed E-state index contributed by atoms with van der Waals surface area (Å²) in [7, 11) is 0. The summed E-state index contributed by atoms with van der Waals surface area (Å²) >= 11 is 5.96. The first-order valence-corrected chi connectivity index (χ1v) is 7.44. The first-order valence-electron chi connectivity index (χ1n) is 7.06.